The number of benzene rings is 2. The Bertz CT molecular complexity index is 861. The molecule has 0 atom stereocenters. The van der Waals surface area contributed by atoms with E-state index in [0.717, 1.165) is 40.2 Å². The fraction of sp³-hybridized carbons (Fsp3) is 0.200. The van der Waals surface area contributed by atoms with Gasteiger partial charge in [-0.05, 0) is 42.8 Å². The van der Waals surface area contributed by atoms with Crippen LogP contribution in [0.15, 0.2) is 59.1 Å². The average Bonchev–Trinajstić information content (AvgIpc) is 3.06. The van der Waals surface area contributed by atoms with Crippen molar-refractivity contribution in [1.29, 1.82) is 0 Å². The molecule has 0 saturated carbocycles. The summed E-state index contributed by atoms with van der Waals surface area (Å²) in [5, 5.41) is 7.92. The van der Waals surface area contributed by atoms with Crippen molar-refractivity contribution in [3.63, 3.8) is 0 Å². The molecule has 2 aromatic carbocycles. The molecule has 134 valence electrons. The molecule has 2 N–H and O–H groups in total. The normalized spacial score (nSPS) is 10.5. The van der Waals surface area contributed by atoms with E-state index in [1.807, 2.05) is 18.2 Å². The summed E-state index contributed by atoms with van der Waals surface area (Å²) in [5.74, 6) is 0. The Morgan fingerprint density at radius 1 is 1.12 bits per heavy atom. The lowest BCUT2D eigenvalue weighted by Gasteiger charge is -2.08. The number of hydrogen-bond acceptors (Lipinski definition) is 3. The standard InChI is InChI=1S/C20H20BrN3S2/c1-2-17-18(15-8-10-16(21)11-9-15)23-20(26-17)24-19(25)22-13-12-14-6-4-3-5-7-14/h3-11H,2,12-13H2,1H3,(H2,22,23,24,25). The van der Waals surface area contributed by atoms with E-state index >= 15 is 0 Å². The van der Waals surface area contributed by atoms with Gasteiger partial charge in [-0.3, -0.25) is 0 Å². The summed E-state index contributed by atoms with van der Waals surface area (Å²) in [5.41, 5.74) is 3.44. The van der Waals surface area contributed by atoms with Gasteiger partial charge in [0.1, 0.15) is 0 Å². The second-order valence-electron chi connectivity index (χ2n) is 5.77. The van der Waals surface area contributed by atoms with Crippen molar-refractivity contribution in [3.05, 3.63) is 69.5 Å². The largest absolute Gasteiger partial charge is 0.362 e. The van der Waals surface area contributed by atoms with Crippen molar-refractivity contribution >= 4 is 49.7 Å². The molecule has 1 heterocycles. The molecule has 0 aliphatic carbocycles. The first-order chi connectivity index (χ1) is 12.7. The zero-order chi connectivity index (χ0) is 18.4. The summed E-state index contributed by atoms with van der Waals surface area (Å²) in [6.07, 6.45) is 1.88. The molecule has 0 amide bonds. The monoisotopic (exact) mass is 445 g/mol. The lowest BCUT2D eigenvalue weighted by molar-refractivity contribution is 0.873. The van der Waals surface area contributed by atoms with E-state index < -0.39 is 0 Å². The minimum Gasteiger partial charge on any atom is -0.362 e. The Morgan fingerprint density at radius 2 is 1.85 bits per heavy atom. The highest BCUT2D eigenvalue weighted by atomic mass is 79.9. The van der Waals surface area contributed by atoms with E-state index in [2.05, 4.69) is 69.9 Å². The second-order valence-corrected chi connectivity index (χ2v) is 8.18. The first kappa shape index (κ1) is 19.0. The summed E-state index contributed by atoms with van der Waals surface area (Å²) in [6, 6.07) is 18.6. The Hall–Kier alpha value is -1.76. The van der Waals surface area contributed by atoms with Crippen molar-refractivity contribution < 1.29 is 0 Å². The van der Waals surface area contributed by atoms with Gasteiger partial charge in [-0.25, -0.2) is 4.98 Å². The average molecular weight is 446 g/mol. The van der Waals surface area contributed by atoms with Crippen molar-refractivity contribution in [1.82, 2.24) is 10.3 Å². The van der Waals surface area contributed by atoms with Crippen molar-refractivity contribution in [2.75, 3.05) is 11.9 Å². The molecule has 0 bridgehead atoms. The molecule has 0 radical (unpaired) electrons. The van der Waals surface area contributed by atoms with E-state index in [-0.39, 0.29) is 0 Å². The minimum absolute atomic E-state index is 0.611. The van der Waals surface area contributed by atoms with Gasteiger partial charge in [-0.15, -0.1) is 11.3 Å². The number of hydrogen-bond donors (Lipinski definition) is 2. The summed E-state index contributed by atoms with van der Waals surface area (Å²) >= 11 is 10.5. The third-order valence-corrected chi connectivity index (χ3v) is 5.79. The van der Waals surface area contributed by atoms with Crippen LogP contribution in [-0.2, 0) is 12.8 Å². The van der Waals surface area contributed by atoms with Crippen LogP contribution in [0.3, 0.4) is 0 Å². The van der Waals surface area contributed by atoms with Crippen LogP contribution in [0, 0.1) is 0 Å². The van der Waals surface area contributed by atoms with E-state index in [0.29, 0.717) is 5.11 Å². The number of thiazole rings is 1. The molecule has 1 aromatic heterocycles. The molecule has 3 rings (SSSR count). The van der Waals surface area contributed by atoms with Crippen LogP contribution in [0.5, 0.6) is 0 Å². The first-order valence-electron chi connectivity index (χ1n) is 8.50. The third kappa shape index (κ3) is 5.13. The highest BCUT2D eigenvalue weighted by molar-refractivity contribution is 9.10. The number of halogens is 1. The van der Waals surface area contributed by atoms with Crippen molar-refractivity contribution in [2.45, 2.75) is 19.8 Å². The van der Waals surface area contributed by atoms with Crippen molar-refractivity contribution in [3.8, 4) is 11.3 Å². The highest BCUT2D eigenvalue weighted by Crippen LogP contribution is 2.32. The Labute approximate surface area is 172 Å². The zero-order valence-corrected chi connectivity index (χ0v) is 17.7. The van der Waals surface area contributed by atoms with Gasteiger partial charge < -0.3 is 10.6 Å². The number of aryl methyl sites for hydroxylation is 1. The summed E-state index contributed by atoms with van der Waals surface area (Å²) in [7, 11) is 0. The van der Waals surface area contributed by atoms with Crippen molar-refractivity contribution in [2.24, 2.45) is 0 Å². The molecule has 0 saturated heterocycles. The quantitative estimate of drug-likeness (QED) is 0.479. The molecule has 0 aliphatic heterocycles. The topological polar surface area (TPSA) is 37.0 Å². The van der Waals surface area contributed by atoms with Gasteiger partial charge in [0.15, 0.2) is 10.2 Å². The van der Waals surface area contributed by atoms with Crippen LogP contribution in [0.2, 0.25) is 0 Å². The zero-order valence-electron chi connectivity index (χ0n) is 14.5. The maximum atomic E-state index is 5.41. The summed E-state index contributed by atoms with van der Waals surface area (Å²) < 4.78 is 1.07. The number of thiocarbonyl (C=S) groups is 1. The lowest BCUT2D eigenvalue weighted by Crippen LogP contribution is -2.30. The van der Waals surface area contributed by atoms with Gasteiger partial charge in [-0.1, -0.05) is 65.3 Å². The van der Waals surface area contributed by atoms with Gasteiger partial charge in [0, 0.05) is 21.5 Å². The molecule has 6 heteroatoms. The number of aromatic nitrogens is 1. The molecular formula is C20H20BrN3S2. The van der Waals surface area contributed by atoms with E-state index in [4.69, 9.17) is 17.2 Å². The molecule has 3 aromatic rings. The maximum absolute atomic E-state index is 5.41. The fourth-order valence-corrected chi connectivity index (χ4v) is 4.04. The summed E-state index contributed by atoms with van der Waals surface area (Å²) in [4.78, 5) is 6.00. The number of nitrogens with one attached hydrogen (secondary N) is 2. The molecule has 3 nitrogen and oxygen atoms in total. The van der Waals surface area contributed by atoms with Crippen LogP contribution in [-0.4, -0.2) is 16.6 Å². The Kier molecular flexibility index (Phi) is 6.77. The first-order valence-corrected chi connectivity index (χ1v) is 10.5. The van der Waals surface area contributed by atoms with Crippen LogP contribution in [0.25, 0.3) is 11.3 Å². The van der Waals surface area contributed by atoms with Gasteiger partial charge in [0.25, 0.3) is 0 Å². The molecule has 0 spiro atoms. The van der Waals surface area contributed by atoms with Crippen LogP contribution in [0.1, 0.15) is 17.4 Å². The molecule has 26 heavy (non-hydrogen) atoms. The second kappa shape index (κ2) is 9.26. The van der Waals surface area contributed by atoms with Crippen LogP contribution < -0.4 is 10.6 Å². The maximum Gasteiger partial charge on any atom is 0.189 e. The predicted octanol–water partition coefficient (Wildman–Crippen LogP) is 5.66. The Balaban J connectivity index is 1.60. The number of rotatable bonds is 6. The van der Waals surface area contributed by atoms with Crippen LogP contribution >= 0.6 is 39.5 Å². The van der Waals surface area contributed by atoms with Crippen LogP contribution in [0.4, 0.5) is 5.13 Å². The number of anilines is 1. The molecular weight excluding hydrogens is 426 g/mol. The minimum atomic E-state index is 0.611. The fourth-order valence-electron chi connectivity index (χ4n) is 2.58. The van der Waals surface area contributed by atoms with Gasteiger partial charge in [0.05, 0.1) is 5.69 Å². The molecule has 0 unspecified atom stereocenters. The number of nitrogens with zero attached hydrogens (tertiary/aromatic N) is 1. The third-order valence-electron chi connectivity index (χ3n) is 3.90. The van der Waals surface area contributed by atoms with E-state index in [1.54, 1.807) is 11.3 Å². The van der Waals surface area contributed by atoms with E-state index in [1.165, 1.54) is 10.4 Å². The van der Waals surface area contributed by atoms with Gasteiger partial charge >= 0.3 is 0 Å². The molecule has 0 fully saturated rings. The molecule has 0 aliphatic rings. The SMILES string of the molecule is CCc1sc(NC(=S)NCCc2ccccc2)nc1-c1ccc(Br)cc1. The smallest absolute Gasteiger partial charge is 0.189 e. The lowest BCUT2D eigenvalue weighted by atomic mass is 10.1. The predicted molar refractivity (Wildman–Crippen MR) is 119 cm³/mol. The Morgan fingerprint density at radius 3 is 2.54 bits per heavy atom. The van der Waals surface area contributed by atoms with E-state index in [9.17, 15) is 0 Å². The van der Waals surface area contributed by atoms with Gasteiger partial charge in [-0.2, -0.15) is 0 Å². The van der Waals surface area contributed by atoms with Gasteiger partial charge in [0.2, 0.25) is 0 Å². The summed E-state index contributed by atoms with van der Waals surface area (Å²) in [6.45, 7) is 2.94. The highest BCUT2D eigenvalue weighted by Gasteiger charge is 2.12.